The summed E-state index contributed by atoms with van der Waals surface area (Å²) in [6.07, 6.45) is 7.77. The summed E-state index contributed by atoms with van der Waals surface area (Å²) in [6.45, 7) is 3.18. The van der Waals surface area contributed by atoms with Crippen molar-refractivity contribution in [1.82, 2.24) is 15.1 Å². The van der Waals surface area contributed by atoms with E-state index in [4.69, 9.17) is 0 Å². The van der Waals surface area contributed by atoms with Crippen molar-refractivity contribution in [2.45, 2.75) is 44.7 Å². The Morgan fingerprint density at radius 3 is 3.05 bits per heavy atom. The van der Waals surface area contributed by atoms with Gasteiger partial charge >= 0.3 is 0 Å². The van der Waals surface area contributed by atoms with Gasteiger partial charge in [-0.2, -0.15) is 5.10 Å². The molecule has 20 heavy (non-hydrogen) atoms. The van der Waals surface area contributed by atoms with Gasteiger partial charge in [0.15, 0.2) is 0 Å². The second-order valence-electron chi connectivity index (χ2n) is 5.65. The van der Waals surface area contributed by atoms with Crippen molar-refractivity contribution in [2.24, 2.45) is 0 Å². The van der Waals surface area contributed by atoms with E-state index in [0.29, 0.717) is 12.0 Å². The van der Waals surface area contributed by atoms with Gasteiger partial charge in [-0.25, -0.2) is 0 Å². The molecule has 0 amide bonds. The van der Waals surface area contributed by atoms with Crippen LogP contribution in [-0.4, -0.2) is 16.8 Å². The third-order valence-electron chi connectivity index (χ3n) is 4.36. The number of nitrogens with zero attached hydrogens (tertiary/aromatic N) is 2. The van der Waals surface area contributed by atoms with E-state index >= 15 is 0 Å². The second kappa shape index (κ2) is 5.80. The molecule has 1 aliphatic rings. The predicted octanol–water partition coefficient (Wildman–Crippen LogP) is 3.28. The highest BCUT2D eigenvalue weighted by atomic mass is 15.3. The fourth-order valence-electron chi connectivity index (χ4n) is 3.43. The predicted molar refractivity (Wildman–Crippen MR) is 81.8 cm³/mol. The second-order valence-corrected chi connectivity index (χ2v) is 5.65. The molecule has 2 aromatic rings. The zero-order valence-corrected chi connectivity index (χ0v) is 12.3. The zero-order valence-electron chi connectivity index (χ0n) is 12.3. The lowest BCUT2D eigenvalue weighted by atomic mass is 9.90. The average molecular weight is 269 g/mol. The summed E-state index contributed by atoms with van der Waals surface area (Å²) in [5, 5.41) is 7.98. The third kappa shape index (κ3) is 2.38. The van der Waals surface area contributed by atoms with Gasteiger partial charge in [0.2, 0.25) is 0 Å². The Bertz CT molecular complexity index is 573. The molecule has 1 heterocycles. The molecule has 0 aliphatic heterocycles. The first-order chi connectivity index (χ1) is 9.83. The van der Waals surface area contributed by atoms with Crippen LogP contribution in [0.15, 0.2) is 36.7 Å². The first-order valence-electron chi connectivity index (χ1n) is 7.61. The van der Waals surface area contributed by atoms with Crippen LogP contribution in [0.3, 0.4) is 0 Å². The molecular weight excluding hydrogens is 246 g/mol. The fraction of sp³-hybridized carbons (Fsp3) is 0.471. The van der Waals surface area contributed by atoms with Gasteiger partial charge < -0.3 is 5.32 Å². The fourth-order valence-corrected chi connectivity index (χ4v) is 3.43. The number of fused-ring (bicyclic) bond motifs is 1. The van der Waals surface area contributed by atoms with Crippen LogP contribution < -0.4 is 5.32 Å². The van der Waals surface area contributed by atoms with Crippen molar-refractivity contribution in [1.29, 1.82) is 0 Å². The minimum atomic E-state index is 0.365. The van der Waals surface area contributed by atoms with Crippen molar-refractivity contribution in [3.8, 4) is 0 Å². The normalized spacial score (nSPS) is 19.0. The molecule has 2 unspecified atom stereocenters. The molecule has 1 aromatic carbocycles. The first-order valence-corrected chi connectivity index (χ1v) is 7.61. The van der Waals surface area contributed by atoms with Gasteiger partial charge in [-0.15, -0.1) is 0 Å². The van der Waals surface area contributed by atoms with E-state index in [1.54, 1.807) is 0 Å². The maximum atomic E-state index is 4.48. The van der Waals surface area contributed by atoms with Gasteiger partial charge in [0.05, 0.1) is 6.20 Å². The summed E-state index contributed by atoms with van der Waals surface area (Å²) in [5.74, 6) is 0.565. The van der Waals surface area contributed by atoms with Crippen LogP contribution in [0.5, 0.6) is 0 Å². The Hall–Kier alpha value is -1.61. The highest BCUT2D eigenvalue weighted by Gasteiger charge is 2.30. The van der Waals surface area contributed by atoms with Crippen LogP contribution in [0.4, 0.5) is 0 Å². The SMILES string of the molecule is CCCn1cc(C(NC)C2CCc3ccccc32)cn1. The number of aromatic nitrogens is 2. The standard InChI is InChI=1S/C17H23N3/c1-3-10-20-12-14(11-19-20)17(18-2)16-9-8-13-6-4-5-7-15(13)16/h4-7,11-12,16-18H,3,8-10H2,1-2H3. The number of likely N-dealkylation sites (N-methyl/N-ethyl adjacent to an activating group) is 1. The van der Waals surface area contributed by atoms with E-state index in [2.05, 4.69) is 59.5 Å². The van der Waals surface area contributed by atoms with Gasteiger partial charge in [0, 0.05) is 30.3 Å². The van der Waals surface area contributed by atoms with E-state index in [1.807, 2.05) is 6.20 Å². The number of benzene rings is 1. The summed E-state index contributed by atoms with van der Waals surface area (Å²) in [7, 11) is 2.06. The van der Waals surface area contributed by atoms with Crippen LogP contribution in [0.2, 0.25) is 0 Å². The molecule has 0 saturated heterocycles. The maximum Gasteiger partial charge on any atom is 0.0537 e. The monoisotopic (exact) mass is 269 g/mol. The third-order valence-corrected chi connectivity index (χ3v) is 4.36. The summed E-state index contributed by atoms with van der Waals surface area (Å²) in [5.41, 5.74) is 4.33. The summed E-state index contributed by atoms with van der Waals surface area (Å²) < 4.78 is 2.06. The minimum Gasteiger partial charge on any atom is -0.312 e. The Kier molecular flexibility index (Phi) is 3.88. The minimum absolute atomic E-state index is 0.365. The Labute approximate surface area is 121 Å². The van der Waals surface area contributed by atoms with Gasteiger partial charge in [0.25, 0.3) is 0 Å². The van der Waals surface area contributed by atoms with E-state index in [1.165, 1.54) is 29.5 Å². The van der Waals surface area contributed by atoms with Gasteiger partial charge in [-0.05, 0) is 37.4 Å². The largest absolute Gasteiger partial charge is 0.312 e. The average Bonchev–Trinajstić information content (AvgIpc) is 3.09. The quantitative estimate of drug-likeness (QED) is 0.902. The zero-order chi connectivity index (χ0) is 13.9. The number of rotatable bonds is 5. The molecule has 0 radical (unpaired) electrons. The molecule has 0 spiro atoms. The summed E-state index contributed by atoms with van der Waals surface area (Å²) in [6, 6.07) is 9.22. The van der Waals surface area contributed by atoms with Crippen molar-refractivity contribution >= 4 is 0 Å². The molecule has 1 aliphatic carbocycles. The van der Waals surface area contributed by atoms with E-state index in [0.717, 1.165) is 13.0 Å². The molecule has 3 nitrogen and oxygen atoms in total. The van der Waals surface area contributed by atoms with E-state index in [9.17, 15) is 0 Å². The lowest BCUT2D eigenvalue weighted by molar-refractivity contribution is 0.476. The number of hydrogen-bond donors (Lipinski definition) is 1. The molecule has 1 N–H and O–H groups in total. The van der Waals surface area contributed by atoms with Crippen LogP contribution in [0.25, 0.3) is 0 Å². The lowest BCUT2D eigenvalue weighted by Gasteiger charge is -2.23. The molecule has 3 heteroatoms. The van der Waals surface area contributed by atoms with Crippen molar-refractivity contribution in [3.63, 3.8) is 0 Å². The van der Waals surface area contributed by atoms with Crippen LogP contribution in [-0.2, 0) is 13.0 Å². The molecule has 0 saturated carbocycles. The molecule has 1 aromatic heterocycles. The van der Waals surface area contributed by atoms with Crippen LogP contribution in [0.1, 0.15) is 48.4 Å². The Balaban J connectivity index is 1.87. The van der Waals surface area contributed by atoms with Crippen LogP contribution >= 0.6 is 0 Å². The number of hydrogen-bond acceptors (Lipinski definition) is 2. The van der Waals surface area contributed by atoms with Crippen molar-refractivity contribution in [3.05, 3.63) is 53.3 Å². The molecule has 0 fully saturated rings. The summed E-state index contributed by atoms with van der Waals surface area (Å²) >= 11 is 0. The topological polar surface area (TPSA) is 29.9 Å². The Morgan fingerprint density at radius 2 is 2.25 bits per heavy atom. The van der Waals surface area contributed by atoms with E-state index < -0.39 is 0 Å². The van der Waals surface area contributed by atoms with E-state index in [-0.39, 0.29) is 0 Å². The van der Waals surface area contributed by atoms with Crippen molar-refractivity contribution in [2.75, 3.05) is 7.05 Å². The molecule has 0 bridgehead atoms. The maximum absolute atomic E-state index is 4.48. The Morgan fingerprint density at radius 1 is 1.40 bits per heavy atom. The van der Waals surface area contributed by atoms with Gasteiger partial charge in [-0.3, -0.25) is 4.68 Å². The van der Waals surface area contributed by atoms with Crippen molar-refractivity contribution < 1.29 is 0 Å². The molecule has 106 valence electrons. The number of nitrogens with one attached hydrogen (secondary N) is 1. The molecular formula is C17H23N3. The lowest BCUT2D eigenvalue weighted by Crippen LogP contribution is -2.22. The van der Waals surface area contributed by atoms with Gasteiger partial charge in [0.1, 0.15) is 0 Å². The highest BCUT2D eigenvalue weighted by Crippen LogP contribution is 2.41. The van der Waals surface area contributed by atoms with Crippen LogP contribution in [0, 0.1) is 0 Å². The number of aryl methyl sites for hydroxylation is 2. The first kappa shape index (κ1) is 13.4. The highest BCUT2D eigenvalue weighted by molar-refractivity contribution is 5.37. The molecule has 3 rings (SSSR count). The summed E-state index contributed by atoms with van der Waals surface area (Å²) in [4.78, 5) is 0. The van der Waals surface area contributed by atoms with Gasteiger partial charge in [-0.1, -0.05) is 31.2 Å². The smallest absolute Gasteiger partial charge is 0.0537 e. The molecule has 2 atom stereocenters.